The molecule has 5 heteroatoms. The molecule has 2 aromatic rings. The van der Waals surface area contributed by atoms with Crippen molar-refractivity contribution in [1.82, 2.24) is 4.90 Å². The molecule has 0 unspecified atom stereocenters. The number of nitrogens with zero attached hydrogens (tertiary/aromatic N) is 1. The summed E-state index contributed by atoms with van der Waals surface area (Å²) in [5, 5.41) is 0. The molecule has 0 N–H and O–H groups in total. The van der Waals surface area contributed by atoms with Crippen molar-refractivity contribution in [2.45, 2.75) is 77.6 Å². The number of ether oxygens (including phenoxy) is 1. The Balaban J connectivity index is 1.72. The number of aryl methyl sites for hydroxylation is 1. The highest BCUT2D eigenvalue weighted by Gasteiger charge is 2.47. The third kappa shape index (κ3) is 4.47. The van der Waals surface area contributed by atoms with Gasteiger partial charge in [0.05, 0.1) is 18.7 Å². The lowest BCUT2D eigenvalue weighted by molar-refractivity contribution is 0.0807. The van der Waals surface area contributed by atoms with Gasteiger partial charge in [0.15, 0.2) is 5.75 Å². The first-order valence-electron chi connectivity index (χ1n) is 12.8. The van der Waals surface area contributed by atoms with E-state index in [1.165, 1.54) is 16.7 Å². The fourth-order valence-electron chi connectivity index (χ4n) is 6.01. The normalized spacial score (nSPS) is 17.6. The Morgan fingerprint density at radius 2 is 1.57 bits per heavy atom. The maximum atomic E-state index is 13.7. The second-order valence-corrected chi connectivity index (χ2v) is 16.2. The summed E-state index contributed by atoms with van der Waals surface area (Å²) >= 11 is 0. The first-order valence-corrected chi connectivity index (χ1v) is 14.9. The van der Waals surface area contributed by atoms with Gasteiger partial charge in [-0.1, -0.05) is 83.5 Å². The molecule has 2 aromatic carbocycles. The summed E-state index contributed by atoms with van der Waals surface area (Å²) in [6, 6.07) is 12.4. The predicted octanol–water partition coefficient (Wildman–Crippen LogP) is 7.84. The van der Waals surface area contributed by atoms with Crippen molar-refractivity contribution in [3.63, 3.8) is 0 Å². The molecule has 0 radical (unpaired) electrons. The average Bonchev–Trinajstić information content (AvgIpc) is 3.19. The second-order valence-electron chi connectivity index (χ2n) is 10.9. The van der Waals surface area contributed by atoms with Crippen LogP contribution in [0.4, 0.5) is 0 Å². The van der Waals surface area contributed by atoms with Gasteiger partial charge in [0.1, 0.15) is 5.75 Å². The highest BCUT2D eigenvalue weighted by molar-refractivity contribution is 6.78. The smallest absolute Gasteiger partial charge is 0.259 e. The van der Waals surface area contributed by atoms with Crippen LogP contribution in [0, 0.1) is 6.92 Å². The van der Waals surface area contributed by atoms with E-state index in [1.807, 2.05) is 23.2 Å². The van der Waals surface area contributed by atoms with E-state index in [4.69, 9.17) is 9.16 Å². The van der Waals surface area contributed by atoms with Gasteiger partial charge in [-0.2, -0.15) is 0 Å². The van der Waals surface area contributed by atoms with Crippen LogP contribution in [-0.2, 0) is 0 Å². The minimum atomic E-state index is -2.17. The van der Waals surface area contributed by atoms with E-state index in [0.29, 0.717) is 27.9 Å². The Labute approximate surface area is 211 Å². The molecule has 2 aliphatic rings. The zero-order chi connectivity index (χ0) is 25.5. The molecule has 35 heavy (non-hydrogen) atoms. The van der Waals surface area contributed by atoms with Crippen LogP contribution in [0.15, 0.2) is 48.7 Å². The summed E-state index contributed by atoms with van der Waals surface area (Å²) in [6.07, 6.45) is 7.06. The molecule has 0 aliphatic carbocycles. The monoisotopic (exact) mass is 489 g/mol. The molecule has 0 fully saturated rings. The van der Waals surface area contributed by atoms with E-state index >= 15 is 0 Å². The summed E-state index contributed by atoms with van der Waals surface area (Å²) in [7, 11) is -0.518. The molecule has 4 nitrogen and oxygen atoms in total. The maximum Gasteiger partial charge on any atom is 0.259 e. The topological polar surface area (TPSA) is 38.8 Å². The minimum absolute atomic E-state index is 0.00190. The first-order chi connectivity index (χ1) is 16.6. The lowest BCUT2D eigenvalue weighted by Crippen LogP contribution is -2.50. The van der Waals surface area contributed by atoms with Crippen LogP contribution in [0.1, 0.15) is 75.0 Å². The predicted molar refractivity (Wildman–Crippen MR) is 147 cm³/mol. The summed E-state index contributed by atoms with van der Waals surface area (Å²) in [6.45, 7) is 15.7. The van der Waals surface area contributed by atoms with E-state index in [9.17, 15) is 4.79 Å². The molecule has 2 heterocycles. The summed E-state index contributed by atoms with van der Waals surface area (Å²) in [5.41, 5.74) is 6.46. The highest BCUT2D eigenvalue weighted by atomic mass is 28.4. The molecule has 0 saturated carbocycles. The number of hydrogen-bond donors (Lipinski definition) is 0. The summed E-state index contributed by atoms with van der Waals surface area (Å²) < 4.78 is 12.8. The molecular formula is C30H39NO3Si. The number of amides is 1. The van der Waals surface area contributed by atoms with Crippen LogP contribution in [0.5, 0.6) is 11.5 Å². The Kier molecular flexibility index (Phi) is 7.01. The van der Waals surface area contributed by atoms with Gasteiger partial charge >= 0.3 is 0 Å². The van der Waals surface area contributed by atoms with Gasteiger partial charge < -0.3 is 14.1 Å². The molecule has 0 bridgehead atoms. The number of carbonyl (C=O) groups is 1. The molecule has 0 aromatic heterocycles. The van der Waals surface area contributed by atoms with Crippen LogP contribution < -0.4 is 9.16 Å². The quantitative estimate of drug-likeness (QED) is 0.372. The fraction of sp³-hybridized carbons (Fsp3) is 0.433. The number of fused-ring (bicyclic) bond motifs is 2. The van der Waals surface area contributed by atoms with Gasteiger partial charge in [0, 0.05) is 6.20 Å². The van der Waals surface area contributed by atoms with Crippen LogP contribution in [0.25, 0.3) is 11.6 Å². The average molecular weight is 490 g/mol. The number of carbonyl (C=O) groups excluding carboxylic acids is 1. The van der Waals surface area contributed by atoms with E-state index < -0.39 is 8.32 Å². The molecule has 186 valence electrons. The van der Waals surface area contributed by atoms with Gasteiger partial charge in [0.25, 0.3) is 14.2 Å². The highest BCUT2D eigenvalue weighted by Crippen LogP contribution is 2.46. The molecule has 2 aliphatic heterocycles. The zero-order valence-corrected chi connectivity index (χ0v) is 23.4. The molecule has 0 spiro atoms. The minimum Gasteiger partial charge on any atom is -0.540 e. The van der Waals surface area contributed by atoms with Crippen LogP contribution in [0.3, 0.4) is 0 Å². The molecule has 0 saturated heterocycles. The standard InChI is InChI=1S/C30H39NO3Si/c1-19(2)35(20(3)4,21(5)6)34-29-16-24-13-14-26-15-25(23-11-9-22(7)10-12-23)18-31(26)30(32)27(24)17-28(29)33-8/h9-14,16-21,26H,15H2,1-8H3/t26-/m1/s1. The Morgan fingerprint density at radius 3 is 2.14 bits per heavy atom. The summed E-state index contributed by atoms with van der Waals surface area (Å²) in [5.74, 6) is 1.39. The van der Waals surface area contributed by atoms with Crippen molar-refractivity contribution in [3.8, 4) is 11.5 Å². The third-order valence-electron chi connectivity index (χ3n) is 7.80. The largest absolute Gasteiger partial charge is 0.540 e. The second kappa shape index (κ2) is 9.69. The van der Waals surface area contributed by atoms with Crippen molar-refractivity contribution in [2.75, 3.05) is 7.11 Å². The van der Waals surface area contributed by atoms with Crippen molar-refractivity contribution in [3.05, 3.63) is 70.9 Å². The van der Waals surface area contributed by atoms with Crippen LogP contribution in [-0.4, -0.2) is 32.3 Å². The molecular weight excluding hydrogens is 450 g/mol. The summed E-state index contributed by atoms with van der Waals surface area (Å²) in [4.78, 5) is 15.6. The lowest BCUT2D eigenvalue weighted by atomic mass is 10.0. The van der Waals surface area contributed by atoms with Crippen molar-refractivity contribution >= 4 is 25.9 Å². The van der Waals surface area contributed by atoms with E-state index in [2.05, 4.69) is 84.9 Å². The van der Waals surface area contributed by atoms with Crippen molar-refractivity contribution in [1.29, 1.82) is 0 Å². The van der Waals surface area contributed by atoms with E-state index in [1.54, 1.807) is 7.11 Å². The fourth-order valence-corrected chi connectivity index (χ4v) is 11.3. The van der Waals surface area contributed by atoms with Gasteiger partial charge in [-0.15, -0.1) is 0 Å². The maximum absolute atomic E-state index is 13.7. The number of methoxy groups -OCH3 is 1. The van der Waals surface area contributed by atoms with Gasteiger partial charge in [-0.05, 0) is 58.8 Å². The Bertz CT molecular complexity index is 1140. The number of benzene rings is 2. The number of rotatable bonds is 7. The molecule has 1 amide bonds. The van der Waals surface area contributed by atoms with Crippen LogP contribution >= 0.6 is 0 Å². The number of hydrogen-bond acceptors (Lipinski definition) is 3. The molecule has 4 rings (SSSR count). The van der Waals surface area contributed by atoms with Gasteiger partial charge in [-0.25, -0.2) is 0 Å². The third-order valence-corrected chi connectivity index (χ3v) is 13.8. The Hall–Kier alpha value is -2.79. The first kappa shape index (κ1) is 25.3. The lowest BCUT2D eigenvalue weighted by Gasteiger charge is -2.42. The van der Waals surface area contributed by atoms with Crippen molar-refractivity contribution < 1.29 is 14.0 Å². The van der Waals surface area contributed by atoms with Gasteiger partial charge in [-0.3, -0.25) is 4.79 Å². The van der Waals surface area contributed by atoms with E-state index in [-0.39, 0.29) is 11.9 Å². The van der Waals surface area contributed by atoms with Crippen molar-refractivity contribution in [2.24, 2.45) is 0 Å². The SMILES string of the molecule is COc1cc2c(cc1O[Si](C(C)C)(C(C)C)C(C)C)C=C[C@@H]1CC(c3ccc(C)cc3)=CN1C2=O. The van der Waals surface area contributed by atoms with Crippen LogP contribution in [0.2, 0.25) is 16.6 Å². The van der Waals surface area contributed by atoms with E-state index in [0.717, 1.165) is 17.7 Å². The molecule has 1 atom stereocenters. The zero-order valence-electron chi connectivity index (χ0n) is 22.4. The van der Waals surface area contributed by atoms with Gasteiger partial charge in [0.2, 0.25) is 0 Å². The Morgan fingerprint density at radius 1 is 0.943 bits per heavy atom.